The zero-order chi connectivity index (χ0) is 21.3. The SMILES string of the molecule is O=C(Nc1nnc(-c2cc(Cl)cc(Cl)c2)o1)C1CCCN(S(=O)(=O)c2cccs2)C1. The van der Waals surface area contributed by atoms with Crippen LogP contribution in [0.2, 0.25) is 10.0 Å². The molecule has 3 heterocycles. The summed E-state index contributed by atoms with van der Waals surface area (Å²) in [6.07, 6.45) is 1.14. The normalized spacial score (nSPS) is 17.7. The van der Waals surface area contributed by atoms with Crippen molar-refractivity contribution in [2.75, 3.05) is 18.4 Å². The summed E-state index contributed by atoms with van der Waals surface area (Å²) >= 11 is 13.1. The molecular formula is C18H16Cl2N4O4S2. The number of benzene rings is 1. The van der Waals surface area contributed by atoms with Gasteiger partial charge in [-0.2, -0.15) is 4.31 Å². The minimum atomic E-state index is -3.60. The molecule has 1 N–H and O–H groups in total. The number of amides is 1. The number of hydrogen-bond acceptors (Lipinski definition) is 7. The van der Waals surface area contributed by atoms with Gasteiger partial charge in [-0.3, -0.25) is 10.1 Å². The number of hydrogen-bond donors (Lipinski definition) is 1. The van der Waals surface area contributed by atoms with Crippen molar-refractivity contribution < 1.29 is 17.6 Å². The number of piperidine rings is 1. The maximum absolute atomic E-state index is 12.7. The fraction of sp³-hybridized carbons (Fsp3) is 0.278. The average Bonchev–Trinajstić information content (AvgIpc) is 3.40. The molecule has 1 atom stereocenters. The van der Waals surface area contributed by atoms with Gasteiger partial charge < -0.3 is 4.42 Å². The number of anilines is 1. The highest BCUT2D eigenvalue weighted by Gasteiger charge is 2.34. The number of sulfonamides is 1. The van der Waals surface area contributed by atoms with Crippen molar-refractivity contribution in [3.63, 3.8) is 0 Å². The molecule has 1 aliphatic heterocycles. The van der Waals surface area contributed by atoms with Crippen LogP contribution in [0.5, 0.6) is 0 Å². The van der Waals surface area contributed by atoms with E-state index in [2.05, 4.69) is 15.5 Å². The number of nitrogens with zero attached hydrogens (tertiary/aromatic N) is 3. The summed E-state index contributed by atoms with van der Waals surface area (Å²) in [5, 5.41) is 12.8. The van der Waals surface area contributed by atoms with Gasteiger partial charge in [-0.1, -0.05) is 34.4 Å². The Kier molecular flexibility index (Phi) is 6.12. The molecule has 0 aliphatic carbocycles. The van der Waals surface area contributed by atoms with Crippen LogP contribution < -0.4 is 5.32 Å². The lowest BCUT2D eigenvalue weighted by atomic mass is 9.99. The minimum absolute atomic E-state index is 0.0793. The average molecular weight is 487 g/mol. The quantitative estimate of drug-likeness (QED) is 0.580. The van der Waals surface area contributed by atoms with Crippen molar-refractivity contribution in [1.82, 2.24) is 14.5 Å². The van der Waals surface area contributed by atoms with Crippen LogP contribution in [0.15, 0.2) is 44.3 Å². The lowest BCUT2D eigenvalue weighted by molar-refractivity contribution is -0.121. The molecule has 2 aromatic heterocycles. The first-order valence-corrected chi connectivity index (χ1v) is 12.0. The lowest BCUT2D eigenvalue weighted by Crippen LogP contribution is -2.43. The van der Waals surface area contributed by atoms with Gasteiger partial charge in [0.25, 0.3) is 10.0 Å². The first kappa shape index (κ1) is 21.3. The van der Waals surface area contributed by atoms with Gasteiger partial charge in [0, 0.05) is 28.7 Å². The highest BCUT2D eigenvalue weighted by molar-refractivity contribution is 7.91. The second-order valence-electron chi connectivity index (χ2n) is 6.69. The van der Waals surface area contributed by atoms with E-state index < -0.39 is 15.9 Å². The van der Waals surface area contributed by atoms with Crippen LogP contribution in [0.3, 0.4) is 0 Å². The van der Waals surface area contributed by atoms with Crippen LogP contribution in [0.25, 0.3) is 11.5 Å². The minimum Gasteiger partial charge on any atom is -0.403 e. The highest BCUT2D eigenvalue weighted by Crippen LogP contribution is 2.29. The van der Waals surface area contributed by atoms with Gasteiger partial charge >= 0.3 is 6.01 Å². The summed E-state index contributed by atoms with van der Waals surface area (Å²) in [4.78, 5) is 12.7. The molecular weight excluding hydrogens is 471 g/mol. The Morgan fingerprint density at radius 1 is 1.23 bits per heavy atom. The van der Waals surface area contributed by atoms with E-state index >= 15 is 0 Å². The molecule has 30 heavy (non-hydrogen) atoms. The van der Waals surface area contributed by atoms with Crippen molar-refractivity contribution in [3.8, 4) is 11.5 Å². The Morgan fingerprint density at radius 3 is 2.70 bits per heavy atom. The van der Waals surface area contributed by atoms with Crippen molar-refractivity contribution in [2.45, 2.75) is 17.1 Å². The molecule has 1 amide bonds. The van der Waals surface area contributed by atoms with Crippen LogP contribution in [-0.2, 0) is 14.8 Å². The van der Waals surface area contributed by atoms with E-state index in [1.807, 2.05) is 0 Å². The monoisotopic (exact) mass is 486 g/mol. The fourth-order valence-corrected chi connectivity index (χ4v) is 6.38. The zero-order valence-electron chi connectivity index (χ0n) is 15.4. The lowest BCUT2D eigenvalue weighted by Gasteiger charge is -2.30. The Bertz CT molecular complexity index is 1140. The Balaban J connectivity index is 1.45. The second kappa shape index (κ2) is 8.64. The predicted molar refractivity (Wildman–Crippen MR) is 114 cm³/mol. The Labute approximate surface area is 186 Å². The summed E-state index contributed by atoms with van der Waals surface area (Å²) in [6.45, 7) is 0.473. The van der Waals surface area contributed by atoms with Gasteiger partial charge in [0.05, 0.1) is 5.92 Å². The Morgan fingerprint density at radius 2 is 2.00 bits per heavy atom. The molecule has 12 heteroatoms. The van der Waals surface area contributed by atoms with E-state index in [-0.39, 0.29) is 28.6 Å². The van der Waals surface area contributed by atoms with Gasteiger partial charge in [-0.25, -0.2) is 8.42 Å². The molecule has 0 radical (unpaired) electrons. The number of carbonyl (C=O) groups is 1. The van der Waals surface area contributed by atoms with Gasteiger partial charge in [0.15, 0.2) is 0 Å². The molecule has 1 saturated heterocycles. The van der Waals surface area contributed by atoms with Crippen LogP contribution >= 0.6 is 34.5 Å². The van der Waals surface area contributed by atoms with E-state index in [0.717, 1.165) is 11.3 Å². The van der Waals surface area contributed by atoms with Crippen LogP contribution in [0.1, 0.15) is 12.8 Å². The van der Waals surface area contributed by atoms with Crippen molar-refractivity contribution in [1.29, 1.82) is 0 Å². The van der Waals surface area contributed by atoms with Gasteiger partial charge in [-0.05, 0) is 42.5 Å². The molecule has 8 nitrogen and oxygen atoms in total. The molecule has 0 saturated carbocycles. The molecule has 1 fully saturated rings. The molecule has 3 aromatic rings. The summed E-state index contributed by atoms with van der Waals surface area (Å²) < 4.78 is 32.6. The summed E-state index contributed by atoms with van der Waals surface area (Å²) in [5.74, 6) is -0.745. The summed E-state index contributed by atoms with van der Waals surface area (Å²) in [5.41, 5.74) is 0.520. The molecule has 0 spiro atoms. The third-order valence-electron chi connectivity index (χ3n) is 4.61. The molecule has 1 aliphatic rings. The standard InChI is InChI=1S/C18H16Cl2N4O4S2/c19-13-7-12(8-14(20)9-13)17-22-23-18(28-17)21-16(25)11-3-1-5-24(10-11)30(26,27)15-4-2-6-29-15/h2,4,6-9,11H,1,3,5,10H2,(H,21,23,25). The van der Waals surface area contributed by atoms with Gasteiger partial charge in [0.2, 0.25) is 11.8 Å². The van der Waals surface area contributed by atoms with Crippen LogP contribution in [-0.4, -0.2) is 41.9 Å². The Hall–Kier alpha value is -1.98. The van der Waals surface area contributed by atoms with E-state index in [1.54, 1.807) is 35.7 Å². The molecule has 158 valence electrons. The maximum Gasteiger partial charge on any atom is 0.322 e. The molecule has 1 aromatic carbocycles. The van der Waals surface area contributed by atoms with E-state index in [9.17, 15) is 13.2 Å². The highest BCUT2D eigenvalue weighted by atomic mass is 35.5. The fourth-order valence-electron chi connectivity index (χ4n) is 3.19. The third-order valence-corrected chi connectivity index (χ3v) is 8.28. The summed E-state index contributed by atoms with van der Waals surface area (Å²) in [7, 11) is -3.60. The molecule has 1 unspecified atom stereocenters. The largest absolute Gasteiger partial charge is 0.403 e. The number of halogens is 2. The molecule has 0 bridgehead atoms. The predicted octanol–water partition coefficient (Wildman–Crippen LogP) is 4.14. The summed E-state index contributed by atoms with van der Waals surface area (Å²) in [6, 6.07) is 7.97. The van der Waals surface area contributed by atoms with Crippen LogP contribution in [0, 0.1) is 5.92 Å². The van der Waals surface area contributed by atoms with Crippen molar-refractivity contribution in [2.24, 2.45) is 5.92 Å². The number of rotatable bonds is 5. The number of aromatic nitrogens is 2. The van der Waals surface area contributed by atoms with Crippen LogP contribution in [0.4, 0.5) is 6.01 Å². The first-order valence-electron chi connectivity index (χ1n) is 8.97. The zero-order valence-corrected chi connectivity index (χ0v) is 18.6. The number of carbonyl (C=O) groups excluding carboxylic acids is 1. The van der Waals surface area contributed by atoms with Gasteiger partial charge in [-0.15, -0.1) is 16.4 Å². The maximum atomic E-state index is 12.7. The van der Waals surface area contributed by atoms with E-state index in [0.29, 0.717) is 35.0 Å². The third kappa shape index (κ3) is 4.52. The number of nitrogens with one attached hydrogen (secondary N) is 1. The van der Waals surface area contributed by atoms with Crippen molar-refractivity contribution in [3.05, 3.63) is 45.8 Å². The smallest absolute Gasteiger partial charge is 0.322 e. The van der Waals surface area contributed by atoms with Gasteiger partial charge in [0.1, 0.15) is 4.21 Å². The number of thiophene rings is 1. The van der Waals surface area contributed by atoms with Crippen molar-refractivity contribution >= 4 is 56.5 Å². The van der Waals surface area contributed by atoms with E-state index in [4.69, 9.17) is 27.6 Å². The van der Waals surface area contributed by atoms with E-state index in [1.165, 1.54) is 4.31 Å². The molecule has 4 rings (SSSR count). The second-order valence-corrected chi connectivity index (χ2v) is 10.7. The topological polar surface area (TPSA) is 105 Å². The first-order chi connectivity index (χ1) is 14.3.